The molecule has 0 unspecified atom stereocenters. The van der Waals surface area contributed by atoms with E-state index in [0.717, 1.165) is 18.4 Å². The van der Waals surface area contributed by atoms with Crippen molar-refractivity contribution >= 4 is 57.5 Å². The summed E-state index contributed by atoms with van der Waals surface area (Å²) >= 11 is 1.23. The third-order valence-electron chi connectivity index (χ3n) is 7.12. The molecule has 1 aliphatic carbocycles. The van der Waals surface area contributed by atoms with Crippen molar-refractivity contribution in [2.24, 2.45) is 4.99 Å². The first-order chi connectivity index (χ1) is 19.8. The minimum Gasteiger partial charge on any atom is -0.439 e. The number of nitrogens with zero attached hydrogens (tertiary/aromatic N) is 3. The van der Waals surface area contributed by atoms with Gasteiger partial charge in [0.05, 0.1) is 16.8 Å². The summed E-state index contributed by atoms with van der Waals surface area (Å²) in [6.45, 7) is 10.8. The SMILES string of the molecule is C=CC(=O)N[C@@H]1CC[C@H](NC(=O)c2sc3nccc4c3c2NC(=O)N4/C(C)=C(C)/C=C(\N=C)Oc2ccccc2)C1. The van der Waals surface area contributed by atoms with E-state index < -0.39 is 6.03 Å². The zero-order chi connectivity index (χ0) is 29.1. The second-order valence-corrected chi connectivity index (χ2v) is 10.8. The largest absolute Gasteiger partial charge is 0.439 e. The molecule has 1 aliphatic heterocycles. The van der Waals surface area contributed by atoms with Gasteiger partial charge in [0.2, 0.25) is 11.8 Å². The van der Waals surface area contributed by atoms with Crippen LogP contribution in [0.25, 0.3) is 10.2 Å². The average Bonchev–Trinajstić information content (AvgIpc) is 3.57. The van der Waals surface area contributed by atoms with E-state index >= 15 is 0 Å². The zero-order valence-corrected chi connectivity index (χ0v) is 23.6. The molecular weight excluding hydrogens is 540 g/mol. The normalized spacial score (nSPS) is 18.8. The predicted molar refractivity (Wildman–Crippen MR) is 161 cm³/mol. The van der Waals surface area contributed by atoms with Crippen LogP contribution in [0.2, 0.25) is 0 Å². The molecule has 5 rings (SSSR count). The molecule has 1 aromatic carbocycles. The van der Waals surface area contributed by atoms with Gasteiger partial charge in [-0.25, -0.2) is 14.8 Å². The van der Waals surface area contributed by atoms with E-state index in [2.05, 4.69) is 39.2 Å². The number of pyridine rings is 1. The maximum atomic E-state index is 13.5. The molecule has 10 nitrogen and oxygen atoms in total. The smallest absolute Gasteiger partial charge is 0.330 e. The molecule has 1 saturated carbocycles. The number of allylic oxidation sites excluding steroid dienone is 3. The van der Waals surface area contributed by atoms with Gasteiger partial charge in [0.1, 0.15) is 15.5 Å². The minimum atomic E-state index is -0.396. The number of carbonyl (C=O) groups is 3. The Balaban J connectivity index is 1.41. The number of thiophene rings is 1. The standard InChI is InChI=1S/C30H30N6O4S/c1-5-23(37)33-19-11-12-20(16-19)34-28(38)27-26-25-22(13-14-32-29(25)41-27)36(30(39)35-26)18(3)17(2)15-24(31-4)40-21-9-7-6-8-10-21/h5-10,13-15,19-20H,1,4,11-12,16H2,2-3H3,(H,33,37)(H,34,38)(H,35,39)/b18-17+,24-15+/t19-,20+/m1/s1. The van der Waals surface area contributed by atoms with Crippen molar-refractivity contribution in [3.63, 3.8) is 0 Å². The highest BCUT2D eigenvalue weighted by molar-refractivity contribution is 7.21. The van der Waals surface area contributed by atoms with Crippen molar-refractivity contribution < 1.29 is 19.1 Å². The quantitative estimate of drug-likeness (QED) is 0.135. The number of amides is 4. The van der Waals surface area contributed by atoms with Crippen LogP contribution >= 0.6 is 11.3 Å². The summed E-state index contributed by atoms with van der Waals surface area (Å²) in [7, 11) is 0. The summed E-state index contributed by atoms with van der Waals surface area (Å²) in [5, 5.41) is 9.57. The molecule has 0 spiro atoms. The number of benzene rings is 1. The van der Waals surface area contributed by atoms with Crippen LogP contribution in [0.4, 0.5) is 16.2 Å². The second-order valence-electron chi connectivity index (χ2n) is 9.80. The number of ether oxygens (including phenoxy) is 1. The number of aromatic nitrogens is 1. The maximum Gasteiger partial charge on any atom is 0.330 e. The molecule has 2 aliphatic rings. The Morgan fingerprint density at radius 1 is 1.17 bits per heavy atom. The molecule has 2 atom stereocenters. The van der Waals surface area contributed by atoms with Crippen molar-refractivity contribution in [2.45, 2.75) is 45.2 Å². The number of para-hydroxylation sites is 1. The first-order valence-electron chi connectivity index (χ1n) is 13.1. The van der Waals surface area contributed by atoms with E-state index in [1.54, 1.807) is 23.2 Å². The van der Waals surface area contributed by atoms with Gasteiger partial charge in [0.15, 0.2) is 0 Å². The molecule has 11 heteroatoms. The number of aliphatic imine (C=N–C) groups is 1. The Morgan fingerprint density at radius 2 is 1.90 bits per heavy atom. The van der Waals surface area contributed by atoms with Gasteiger partial charge < -0.3 is 20.7 Å². The van der Waals surface area contributed by atoms with E-state index in [1.165, 1.54) is 17.4 Å². The number of urea groups is 1. The fourth-order valence-electron chi connectivity index (χ4n) is 5.01. The van der Waals surface area contributed by atoms with Crippen molar-refractivity contribution in [1.29, 1.82) is 0 Å². The van der Waals surface area contributed by atoms with E-state index in [-0.39, 0.29) is 23.9 Å². The molecule has 3 heterocycles. The van der Waals surface area contributed by atoms with Gasteiger partial charge in [-0.2, -0.15) is 0 Å². The predicted octanol–water partition coefficient (Wildman–Crippen LogP) is 5.52. The highest BCUT2D eigenvalue weighted by Gasteiger charge is 2.34. The van der Waals surface area contributed by atoms with Crippen LogP contribution < -0.4 is 25.6 Å². The molecule has 3 N–H and O–H groups in total. The van der Waals surface area contributed by atoms with Gasteiger partial charge in [-0.05, 0) is 69.7 Å². The van der Waals surface area contributed by atoms with Gasteiger partial charge in [0, 0.05) is 30.1 Å². The molecule has 0 saturated heterocycles. The number of hydrogen-bond donors (Lipinski definition) is 3. The molecule has 0 bridgehead atoms. The monoisotopic (exact) mass is 570 g/mol. The second kappa shape index (κ2) is 11.8. The van der Waals surface area contributed by atoms with E-state index in [9.17, 15) is 14.4 Å². The lowest BCUT2D eigenvalue weighted by Gasteiger charge is -2.29. The first kappa shape index (κ1) is 27.8. The summed E-state index contributed by atoms with van der Waals surface area (Å²) in [5.74, 6) is 0.400. The van der Waals surface area contributed by atoms with Crippen LogP contribution in [-0.4, -0.2) is 41.6 Å². The molecule has 3 aromatic rings. The summed E-state index contributed by atoms with van der Waals surface area (Å²) in [6, 6.07) is 10.5. The number of anilines is 2. The zero-order valence-electron chi connectivity index (χ0n) is 22.8. The van der Waals surface area contributed by atoms with Gasteiger partial charge >= 0.3 is 6.03 Å². The summed E-state index contributed by atoms with van der Waals surface area (Å²) in [6.07, 6.45) is 6.72. The lowest BCUT2D eigenvalue weighted by Crippen LogP contribution is -2.38. The Morgan fingerprint density at radius 3 is 2.61 bits per heavy atom. The molecule has 0 radical (unpaired) electrons. The Labute approximate surface area is 241 Å². The third-order valence-corrected chi connectivity index (χ3v) is 8.22. The maximum absolute atomic E-state index is 13.5. The minimum absolute atomic E-state index is 0.0185. The van der Waals surface area contributed by atoms with E-state index in [1.807, 2.05) is 44.2 Å². The Hall–Kier alpha value is -4.77. The van der Waals surface area contributed by atoms with Crippen molar-refractivity contribution in [1.82, 2.24) is 15.6 Å². The topological polar surface area (TPSA) is 125 Å². The highest BCUT2D eigenvalue weighted by atomic mass is 32.1. The number of rotatable bonds is 9. The molecular formula is C30H30N6O4S. The van der Waals surface area contributed by atoms with Gasteiger partial charge in [-0.15, -0.1) is 11.3 Å². The molecule has 41 heavy (non-hydrogen) atoms. The number of nitrogens with one attached hydrogen (secondary N) is 3. The van der Waals surface area contributed by atoms with Gasteiger partial charge in [-0.3, -0.25) is 14.5 Å². The molecule has 4 amide bonds. The fourth-order valence-corrected chi connectivity index (χ4v) is 6.04. The van der Waals surface area contributed by atoms with Crippen molar-refractivity contribution in [3.05, 3.63) is 83.4 Å². The summed E-state index contributed by atoms with van der Waals surface area (Å²) in [4.78, 5) is 49.5. The summed E-state index contributed by atoms with van der Waals surface area (Å²) < 4.78 is 5.83. The third kappa shape index (κ3) is 5.75. The van der Waals surface area contributed by atoms with Crippen LogP contribution in [0.3, 0.4) is 0 Å². The van der Waals surface area contributed by atoms with Crippen LogP contribution in [0.5, 0.6) is 5.75 Å². The average molecular weight is 571 g/mol. The van der Waals surface area contributed by atoms with E-state index in [0.29, 0.717) is 50.2 Å². The lowest BCUT2D eigenvalue weighted by molar-refractivity contribution is -0.117. The van der Waals surface area contributed by atoms with Crippen LogP contribution in [0, 0.1) is 0 Å². The first-order valence-corrected chi connectivity index (χ1v) is 14.0. The van der Waals surface area contributed by atoms with Crippen molar-refractivity contribution in [3.8, 4) is 5.75 Å². The van der Waals surface area contributed by atoms with Gasteiger partial charge in [-0.1, -0.05) is 24.8 Å². The lowest BCUT2D eigenvalue weighted by atomic mass is 10.1. The Kier molecular flexibility index (Phi) is 7.97. The van der Waals surface area contributed by atoms with Crippen molar-refractivity contribution in [2.75, 3.05) is 10.2 Å². The number of carbonyl (C=O) groups excluding carboxylic acids is 3. The van der Waals surface area contributed by atoms with Crippen LogP contribution in [0.1, 0.15) is 42.8 Å². The van der Waals surface area contributed by atoms with Crippen LogP contribution in [0.15, 0.2) is 83.5 Å². The van der Waals surface area contributed by atoms with Gasteiger partial charge in [0.25, 0.3) is 5.91 Å². The molecule has 210 valence electrons. The molecule has 2 aromatic heterocycles. The fraction of sp³-hybridized carbons (Fsp3) is 0.233. The van der Waals surface area contributed by atoms with Crippen LogP contribution in [-0.2, 0) is 4.79 Å². The summed E-state index contributed by atoms with van der Waals surface area (Å²) in [5.41, 5.74) is 2.45. The highest BCUT2D eigenvalue weighted by Crippen LogP contribution is 2.45. The van der Waals surface area contributed by atoms with E-state index in [4.69, 9.17) is 4.74 Å². The Bertz CT molecular complexity index is 1610. The molecule has 1 fully saturated rings. The number of hydrogen-bond acceptors (Lipinski definition) is 7.